The fourth-order valence-corrected chi connectivity index (χ4v) is 4.93. The third kappa shape index (κ3) is 4.05. The number of nitrogens with zero attached hydrogens (tertiary/aromatic N) is 5. The molecule has 0 saturated carbocycles. The Morgan fingerprint density at radius 2 is 1.88 bits per heavy atom. The summed E-state index contributed by atoms with van der Waals surface area (Å²) in [5, 5.41) is 19.4. The molecule has 4 heterocycles. The molecule has 0 radical (unpaired) electrons. The number of H-pyrrole nitrogens is 1. The lowest BCUT2D eigenvalue weighted by molar-refractivity contribution is 0.0953. The van der Waals surface area contributed by atoms with Crippen molar-refractivity contribution in [2.24, 2.45) is 0 Å². The smallest absolute Gasteiger partial charge is 0.247 e. The quantitative estimate of drug-likeness (QED) is 0.345. The minimum absolute atomic E-state index is 0.164. The summed E-state index contributed by atoms with van der Waals surface area (Å²) in [4.78, 5) is 3.34. The molecule has 1 aliphatic heterocycles. The molecule has 1 atom stereocenters. The highest BCUT2D eigenvalue weighted by Gasteiger charge is 2.23. The Kier molecular flexibility index (Phi) is 5.41. The van der Waals surface area contributed by atoms with Gasteiger partial charge < -0.3 is 14.1 Å². The zero-order valence-corrected chi connectivity index (χ0v) is 18.7. The van der Waals surface area contributed by atoms with E-state index in [9.17, 15) is 0 Å². The number of rotatable bonds is 7. The molecule has 166 valence electrons. The van der Waals surface area contributed by atoms with E-state index in [4.69, 9.17) is 9.15 Å². The van der Waals surface area contributed by atoms with E-state index in [1.807, 2.05) is 48.7 Å². The maximum Gasteiger partial charge on any atom is 0.247 e. The van der Waals surface area contributed by atoms with E-state index in [1.165, 1.54) is 0 Å². The monoisotopic (exact) mass is 458 g/mol. The first kappa shape index (κ1) is 20.2. The maximum atomic E-state index is 5.92. The number of benzene rings is 2. The van der Waals surface area contributed by atoms with E-state index < -0.39 is 0 Å². The van der Waals surface area contributed by atoms with Crippen LogP contribution in [0.3, 0.4) is 0 Å². The number of para-hydroxylation sites is 1. The summed E-state index contributed by atoms with van der Waals surface area (Å²) < 4.78 is 14.0. The van der Waals surface area contributed by atoms with Crippen LogP contribution in [-0.2, 0) is 17.0 Å². The summed E-state index contributed by atoms with van der Waals surface area (Å²) in [7, 11) is 0. The van der Waals surface area contributed by atoms with Gasteiger partial charge in [0.1, 0.15) is 0 Å². The van der Waals surface area contributed by atoms with Crippen molar-refractivity contribution in [3.8, 4) is 22.8 Å². The predicted molar refractivity (Wildman–Crippen MR) is 126 cm³/mol. The summed E-state index contributed by atoms with van der Waals surface area (Å²) in [5.74, 6) is 2.42. The Morgan fingerprint density at radius 1 is 1.00 bits per heavy atom. The number of aromatic nitrogens is 6. The maximum absolute atomic E-state index is 5.92. The minimum atomic E-state index is 0.164. The van der Waals surface area contributed by atoms with Crippen molar-refractivity contribution < 1.29 is 9.15 Å². The van der Waals surface area contributed by atoms with Crippen LogP contribution in [0.5, 0.6) is 0 Å². The van der Waals surface area contributed by atoms with Crippen molar-refractivity contribution in [3.05, 3.63) is 66.7 Å². The molecule has 1 N–H and O–H groups in total. The number of thioether (sulfide) groups is 1. The third-order valence-corrected chi connectivity index (χ3v) is 6.72. The zero-order chi connectivity index (χ0) is 22.0. The highest BCUT2D eigenvalue weighted by atomic mass is 32.2. The van der Waals surface area contributed by atoms with Gasteiger partial charge in [0.15, 0.2) is 11.0 Å². The second-order valence-electron chi connectivity index (χ2n) is 7.96. The fourth-order valence-electron chi connectivity index (χ4n) is 4.14. The van der Waals surface area contributed by atoms with Crippen molar-refractivity contribution in [3.63, 3.8) is 0 Å². The van der Waals surface area contributed by atoms with Gasteiger partial charge in [0.25, 0.3) is 0 Å². The van der Waals surface area contributed by atoms with Crippen LogP contribution in [0.4, 0.5) is 0 Å². The van der Waals surface area contributed by atoms with Gasteiger partial charge in [0.2, 0.25) is 11.8 Å². The molecule has 6 rings (SSSR count). The average Bonchev–Trinajstić information content (AvgIpc) is 3.66. The van der Waals surface area contributed by atoms with Crippen molar-refractivity contribution >= 4 is 22.7 Å². The standard InChI is InChI=1S/C24H22N6O2S/c1-2-7-16(8-3-1)23-28-26-21(32-23)15-33-24-29-27-22(30(24)14-17-9-6-12-31-17)19-13-25-20-11-5-4-10-18(19)20/h1-5,7-8,10-11,13,17,25H,6,9,12,14-15H2. The first-order chi connectivity index (χ1) is 16.3. The second-order valence-corrected chi connectivity index (χ2v) is 8.90. The topological polar surface area (TPSA) is 94.7 Å². The van der Waals surface area contributed by atoms with Gasteiger partial charge in [-0.2, -0.15) is 0 Å². The van der Waals surface area contributed by atoms with Gasteiger partial charge in [-0.05, 0) is 31.0 Å². The molecule has 1 unspecified atom stereocenters. The van der Waals surface area contributed by atoms with Crippen LogP contribution in [0.2, 0.25) is 0 Å². The highest BCUT2D eigenvalue weighted by Crippen LogP contribution is 2.32. The van der Waals surface area contributed by atoms with Crippen LogP contribution in [0, 0.1) is 0 Å². The van der Waals surface area contributed by atoms with Crippen LogP contribution in [0.25, 0.3) is 33.7 Å². The summed E-state index contributed by atoms with van der Waals surface area (Å²) >= 11 is 1.54. The Bertz CT molecular complexity index is 1370. The van der Waals surface area contributed by atoms with E-state index in [0.717, 1.165) is 52.5 Å². The first-order valence-corrected chi connectivity index (χ1v) is 12.0. The van der Waals surface area contributed by atoms with Gasteiger partial charge in [0, 0.05) is 34.8 Å². The average molecular weight is 459 g/mol. The van der Waals surface area contributed by atoms with Crippen molar-refractivity contribution in [2.45, 2.75) is 36.4 Å². The molecule has 3 aromatic heterocycles. The number of nitrogens with one attached hydrogen (secondary N) is 1. The molecule has 1 fully saturated rings. The second kappa shape index (κ2) is 8.84. The lowest BCUT2D eigenvalue weighted by Gasteiger charge is -2.14. The Balaban J connectivity index is 1.29. The molecule has 33 heavy (non-hydrogen) atoms. The SMILES string of the molecule is c1ccc(-c2nnc(CSc3nnc(-c4c[nH]c5ccccc45)n3CC3CCCO3)o2)cc1. The van der Waals surface area contributed by atoms with E-state index in [0.29, 0.717) is 24.1 Å². The molecular formula is C24H22N6O2S. The van der Waals surface area contributed by atoms with Gasteiger partial charge in [-0.1, -0.05) is 48.2 Å². The lowest BCUT2D eigenvalue weighted by Crippen LogP contribution is -2.16. The van der Waals surface area contributed by atoms with Crippen LogP contribution < -0.4 is 0 Å². The number of hydrogen-bond acceptors (Lipinski definition) is 7. The van der Waals surface area contributed by atoms with E-state index in [-0.39, 0.29) is 6.10 Å². The summed E-state index contributed by atoms with van der Waals surface area (Å²) in [5.41, 5.74) is 3.02. The number of aromatic amines is 1. The van der Waals surface area contributed by atoms with Crippen LogP contribution in [0.15, 0.2) is 70.4 Å². The molecule has 1 aliphatic rings. The minimum Gasteiger partial charge on any atom is -0.420 e. The molecule has 0 bridgehead atoms. The van der Waals surface area contributed by atoms with Gasteiger partial charge in [-0.15, -0.1) is 20.4 Å². The molecule has 0 amide bonds. The molecular weight excluding hydrogens is 436 g/mol. The molecule has 0 spiro atoms. The zero-order valence-electron chi connectivity index (χ0n) is 17.8. The Morgan fingerprint density at radius 3 is 2.76 bits per heavy atom. The summed E-state index contributed by atoms with van der Waals surface area (Å²) in [6.07, 6.45) is 4.29. The molecule has 2 aromatic carbocycles. The van der Waals surface area contributed by atoms with E-state index in [1.54, 1.807) is 11.8 Å². The highest BCUT2D eigenvalue weighted by molar-refractivity contribution is 7.98. The van der Waals surface area contributed by atoms with Crippen LogP contribution in [-0.4, -0.2) is 42.7 Å². The van der Waals surface area contributed by atoms with Crippen LogP contribution in [0.1, 0.15) is 18.7 Å². The largest absolute Gasteiger partial charge is 0.420 e. The summed E-state index contributed by atoms with van der Waals surface area (Å²) in [6.45, 7) is 1.52. The number of hydrogen-bond donors (Lipinski definition) is 1. The molecule has 8 nitrogen and oxygen atoms in total. The summed E-state index contributed by atoms with van der Waals surface area (Å²) in [6, 6.07) is 18.0. The van der Waals surface area contributed by atoms with Crippen LogP contribution >= 0.6 is 11.8 Å². The van der Waals surface area contributed by atoms with Crippen molar-refractivity contribution in [1.82, 2.24) is 29.9 Å². The number of fused-ring (bicyclic) bond motifs is 1. The van der Waals surface area contributed by atoms with E-state index in [2.05, 4.69) is 42.1 Å². The predicted octanol–water partition coefficient (Wildman–Crippen LogP) is 4.95. The van der Waals surface area contributed by atoms with Gasteiger partial charge in [-0.25, -0.2) is 0 Å². The first-order valence-electron chi connectivity index (χ1n) is 11.0. The molecule has 5 aromatic rings. The molecule has 1 saturated heterocycles. The molecule has 0 aliphatic carbocycles. The third-order valence-electron chi connectivity index (χ3n) is 5.77. The Hall–Kier alpha value is -3.43. The normalized spacial score (nSPS) is 16.1. The van der Waals surface area contributed by atoms with Gasteiger partial charge >= 0.3 is 0 Å². The Labute approximate surface area is 194 Å². The fraction of sp³-hybridized carbons (Fsp3) is 0.250. The van der Waals surface area contributed by atoms with Crippen molar-refractivity contribution in [2.75, 3.05) is 6.61 Å². The van der Waals surface area contributed by atoms with E-state index >= 15 is 0 Å². The van der Waals surface area contributed by atoms with Crippen molar-refractivity contribution in [1.29, 1.82) is 0 Å². The number of ether oxygens (including phenoxy) is 1. The van der Waals surface area contributed by atoms with Gasteiger partial charge in [0.05, 0.1) is 18.4 Å². The lowest BCUT2D eigenvalue weighted by atomic mass is 10.1. The molecule has 9 heteroatoms. The van der Waals surface area contributed by atoms with Gasteiger partial charge in [-0.3, -0.25) is 4.57 Å².